The van der Waals surface area contributed by atoms with Crippen molar-refractivity contribution in [3.63, 3.8) is 0 Å². The molecule has 17 heavy (non-hydrogen) atoms. The van der Waals surface area contributed by atoms with Crippen LogP contribution >= 0.6 is 0 Å². The van der Waals surface area contributed by atoms with Gasteiger partial charge in [-0.3, -0.25) is 4.68 Å². The highest BCUT2D eigenvalue weighted by Crippen LogP contribution is 2.17. The maximum Gasteiger partial charge on any atom is 0.103 e. The van der Waals surface area contributed by atoms with E-state index in [-0.39, 0.29) is 0 Å². The van der Waals surface area contributed by atoms with E-state index in [0.29, 0.717) is 26.2 Å². The van der Waals surface area contributed by atoms with Gasteiger partial charge in [0, 0.05) is 33.2 Å². The Morgan fingerprint density at radius 3 is 3.06 bits per heavy atom. The first-order valence-corrected chi connectivity index (χ1v) is 6.15. The van der Waals surface area contributed by atoms with Crippen LogP contribution in [0.5, 0.6) is 0 Å². The van der Waals surface area contributed by atoms with Crippen LogP contribution in [0.3, 0.4) is 0 Å². The van der Waals surface area contributed by atoms with Gasteiger partial charge in [0.25, 0.3) is 0 Å². The quantitative estimate of drug-likeness (QED) is 0.772. The molecule has 1 unspecified atom stereocenters. The molecule has 1 atom stereocenters. The first-order valence-electron chi connectivity index (χ1n) is 6.15. The zero-order valence-corrected chi connectivity index (χ0v) is 10.6. The van der Waals surface area contributed by atoms with Gasteiger partial charge in [-0.2, -0.15) is 5.10 Å². The number of nitrogens with zero attached hydrogens (tertiary/aromatic N) is 2. The molecule has 1 aliphatic heterocycles. The summed E-state index contributed by atoms with van der Waals surface area (Å²) in [7, 11) is 1.95. The molecule has 1 aromatic heterocycles. The number of ether oxygens (including phenoxy) is 1. The van der Waals surface area contributed by atoms with Crippen molar-refractivity contribution in [3.8, 4) is 0 Å². The normalized spacial score (nSPS) is 24.4. The topological polar surface area (TPSA) is 59.3 Å². The standard InChI is InChI=1S/C12H21N3O2/c1-3-10-6-11(15(2)14-10)7-13-8-12(16)4-5-17-9-12/h6,13,16H,3-5,7-9H2,1-2H3. The molecule has 5 nitrogen and oxygen atoms in total. The Hall–Kier alpha value is -0.910. The number of aliphatic hydroxyl groups is 1. The number of hydrogen-bond donors (Lipinski definition) is 2. The van der Waals surface area contributed by atoms with Crippen molar-refractivity contribution in [3.05, 3.63) is 17.5 Å². The van der Waals surface area contributed by atoms with Gasteiger partial charge >= 0.3 is 0 Å². The maximum absolute atomic E-state index is 10.1. The summed E-state index contributed by atoms with van der Waals surface area (Å²) in [6.07, 6.45) is 1.66. The Labute approximate surface area is 102 Å². The van der Waals surface area contributed by atoms with Gasteiger partial charge in [0.1, 0.15) is 5.60 Å². The van der Waals surface area contributed by atoms with E-state index >= 15 is 0 Å². The highest BCUT2D eigenvalue weighted by Gasteiger charge is 2.31. The van der Waals surface area contributed by atoms with Crippen LogP contribution in [-0.4, -0.2) is 40.2 Å². The summed E-state index contributed by atoms with van der Waals surface area (Å²) in [6, 6.07) is 2.10. The summed E-state index contributed by atoms with van der Waals surface area (Å²) in [5.41, 5.74) is 1.56. The molecule has 96 valence electrons. The third-order valence-corrected chi connectivity index (χ3v) is 3.23. The summed E-state index contributed by atoms with van der Waals surface area (Å²) < 4.78 is 7.09. The van der Waals surface area contributed by atoms with E-state index in [2.05, 4.69) is 23.4 Å². The number of hydrogen-bond acceptors (Lipinski definition) is 4. The lowest BCUT2D eigenvalue weighted by Gasteiger charge is -2.20. The average molecular weight is 239 g/mol. The van der Waals surface area contributed by atoms with Crippen LogP contribution in [0, 0.1) is 0 Å². The summed E-state index contributed by atoms with van der Waals surface area (Å²) in [4.78, 5) is 0. The van der Waals surface area contributed by atoms with E-state index in [9.17, 15) is 5.11 Å². The van der Waals surface area contributed by atoms with Crippen molar-refractivity contribution in [1.82, 2.24) is 15.1 Å². The lowest BCUT2D eigenvalue weighted by molar-refractivity contribution is 0.0267. The van der Waals surface area contributed by atoms with Crippen molar-refractivity contribution in [2.24, 2.45) is 7.05 Å². The minimum absolute atomic E-state index is 0.436. The van der Waals surface area contributed by atoms with Gasteiger partial charge in [-0.05, 0) is 12.5 Å². The van der Waals surface area contributed by atoms with E-state index in [1.165, 1.54) is 0 Å². The van der Waals surface area contributed by atoms with Crippen molar-refractivity contribution in [2.75, 3.05) is 19.8 Å². The molecule has 1 saturated heterocycles. The van der Waals surface area contributed by atoms with Crippen LogP contribution in [0.2, 0.25) is 0 Å². The van der Waals surface area contributed by atoms with Gasteiger partial charge in [-0.25, -0.2) is 0 Å². The molecular formula is C12H21N3O2. The van der Waals surface area contributed by atoms with Crippen LogP contribution < -0.4 is 5.32 Å². The van der Waals surface area contributed by atoms with Crippen molar-refractivity contribution in [2.45, 2.75) is 31.9 Å². The molecule has 0 aliphatic carbocycles. The van der Waals surface area contributed by atoms with E-state index in [0.717, 1.165) is 24.4 Å². The third-order valence-electron chi connectivity index (χ3n) is 3.23. The second-order valence-electron chi connectivity index (χ2n) is 4.73. The molecule has 2 heterocycles. The van der Waals surface area contributed by atoms with Crippen molar-refractivity contribution in [1.29, 1.82) is 0 Å². The molecule has 0 saturated carbocycles. The maximum atomic E-state index is 10.1. The first kappa shape index (κ1) is 12.5. The number of rotatable bonds is 5. The molecule has 1 aromatic rings. The fraction of sp³-hybridized carbons (Fsp3) is 0.750. The van der Waals surface area contributed by atoms with Gasteiger partial charge in [0.2, 0.25) is 0 Å². The highest BCUT2D eigenvalue weighted by atomic mass is 16.5. The van der Waals surface area contributed by atoms with Gasteiger partial charge in [0.15, 0.2) is 0 Å². The van der Waals surface area contributed by atoms with Crippen molar-refractivity contribution >= 4 is 0 Å². The van der Waals surface area contributed by atoms with Gasteiger partial charge < -0.3 is 15.2 Å². The first-order chi connectivity index (χ1) is 8.13. The number of aryl methyl sites for hydroxylation is 2. The molecule has 0 bridgehead atoms. The highest BCUT2D eigenvalue weighted by molar-refractivity contribution is 5.10. The molecule has 0 radical (unpaired) electrons. The minimum Gasteiger partial charge on any atom is -0.386 e. The SMILES string of the molecule is CCc1cc(CNCC2(O)CCOC2)n(C)n1. The van der Waals surface area contributed by atoms with Crippen LogP contribution in [0.1, 0.15) is 24.7 Å². The Bertz CT molecular complexity index is 370. The van der Waals surface area contributed by atoms with E-state index in [1.54, 1.807) is 0 Å². The third kappa shape index (κ3) is 3.06. The summed E-state index contributed by atoms with van der Waals surface area (Å²) in [5.74, 6) is 0. The lowest BCUT2D eigenvalue weighted by Crippen LogP contribution is -2.40. The molecule has 5 heteroatoms. The Morgan fingerprint density at radius 2 is 2.47 bits per heavy atom. The molecule has 1 aliphatic rings. The molecule has 1 fully saturated rings. The number of nitrogens with one attached hydrogen (secondary N) is 1. The number of aromatic nitrogens is 2. The van der Waals surface area contributed by atoms with Crippen LogP contribution in [0.15, 0.2) is 6.07 Å². The van der Waals surface area contributed by atoms with E-state index in [1.807, 2.05) is 11.7 Å². The molecule has 2 rings (SSSR count). The second kappa shape index (κ2) is 5.16. The van der Waals surface area contributed by atoms with Gasteiger partial charge in [-0.15, -0.1) is 0 Å². The second-order valence-corrected chi connectivity index (χ2v) is 4.73. The molecular weight excluding hydrogens is 218 g/mol. The molecule has 0 amide bonds. The largest absolute Gasteiger partial charge is 0.386 e. The van der Waals surface area contributed by atoms with E-state index in [4.69, 9.17) is 4.74 Å². The minimum atomic E-state index is -0.688. The molecule has 0 aromatic carbocycles. The van der Waals surface area contributed by atoms with Crippen molar-refractivity contribution < 1.29 is 9.84 Å². The monoisotopic (exact) mass is 239 g/mol. The zero-order chi connectivity index (χ0) is 12.3. The smallest absolute Gasteiger partial charge is 0.103 e. The van der Waals surface area contributed by atoms with Gasteiger partial charge in [0.05, 0.1) is 18.0 Å². The Kier molecular flexibility index (Phi) is 3.81. The lowest BCUT2D eigenvalue weighted by atomic mass is 10.0. The molecule has 0 spiro atoms. The van der Waals surface area contributed by atoms with Crippen LogP contribution in [-0.2, 0) is 24.8 Å². The predicted octanol–water partition coefficient (Wildman–Crippen LogP) is 0.223. The Morgan fingerprint density at radius 1 is 1.65 bits per heavy atom. The summed E-state index contributed by atoms with van der Waals surface area (Å²) in [5, 5.41) is 17.7. The Balaban J connectivity index is 1.83. The molecule has 2 N–H and O–H groups in total. The van der Waals surface area contributed by atoms with Crippen LogP contribution in [0.25, 0.3) is 0 Å². The van der Waals surface area contributed by atoms with Gasteiger partial charge in [-0.1, -0.05) is 6.92 Å². The van der Waals surface area contributed by atoms with E-state index < -0.39 is 5.60 Å². The summed E-state index contributed by atoms with van der Waals surface area (Å²) in [6.45, 7) is 4.49. The predicted molar refractivity (Wildman–Crippen MR) is 64.7 cm³/mol. The van der Waals surface area contributed by atoms with Crippen LogP contribution in [0.4, 0.5) is 0 Å². The average Bonchev–Trinajstić information content (AvgIpc) is 2.87. The fourth-order valence-corrected chi connectivity index (χ4v) is 2.07. The fourth-order valence-electron chi connectivity index (χ4n) is 2.07. The zero-order valence-electron chi connectivity index (χ0n) is 10.6. The summed E-state index contributed by atoms with van der Waals surface area (Å²) >= 11 is 0.